The maximum atomic E-state index is 11.6. The van der Waals surface area contributed by atoms with E-state index in [1.807, 2.05) is 0 Å². The molecule has 1 aromatic carbocycles. The van der Waals surface area contributed by atoms with Gasteiger partial charge >= 0.3 is 30.8 Å². The number of carboxylic acids is 2. The summed E-state index contributed by atoms with van der Waals surface area (Å²) in [6.45, 7) is 0.450. The first-order chi connectivity index (χ1) is 10.0. The molecule has 1 unspecified atom stereocenters. The van der Waals surface area contributed by atoms with Gasteiger partial charge in [0.25, 0.3) is 5.60 Å². The molecule has 0 spiro atoms. The molecule has 0 radical (unpaired) electrons. The molecule has 1 fully saturated rings. The zero-order valence-electron chi connectivity index (χ0n) is 11.5. The predicted octanol–water partition coefficient (Wildman–Crippen LogP) is 1.03. The van der Waals surface area contributed by atoms with Gasteiger partial charge < -0.3 is 19.7 Å². The minimum absolute atomic E-state index is 0. The van der Waals surface area contributed by atoms with Crippen LogP contribution in [0.15, 0.2) is 30.3 Å². The van der Waals surface area contributed by atoms with Gasteiger partial charge in [-0.15, -0.1) is 0 Å². The van der Waals surface area contributed by atoms with Gasteiger partial charge in [-0.25, -0.2) is 9.59 Å². The molecule has 0 aliphatic carbocycles. The van der Waals surface area contributed by atoms with Gasteiger partial charge in [0.05, 0.1) is 0 Å². The number of carboxylic acid groups (broad SMARTS) is 2. The molecule has 0 aromatic heterocycles. The molecule has 1 aliphatic heterocycles. The third-order valence-electron chi connectivity index (χ3n) is 3.46. The summed E-state index contributed by atoms with van der Waals surface area (Å²) in [5.74, 6) is -3.04. The fourth-order valence-electron chi connectivity index (χ4n) is 2.30. The van der Waals surface area contributed by atoms with Crippen molar-refractivity contribution < 1.29 is 29.3 Å². The third-order valence-corrected chi connectivity index (χ3v) is 3.46. The van der Waals surface area contributed by atoms with Crippen LogP contribution in [0.4, 0.5) is 0 Å². The maximum absolute atomic E-state index is 11.6. The minimum atomic E-state index is -2.33. The number of ether oxygens (including phenoxy) is 2. The molecule has 0 saturated carbocycles. The number of carbonyl (C=O) groups is 2. The van der Waals surface area contributed by atoms with Gasteiger partial charge in [-0.2, -0.15) is 0 Å². The molecule has 2 rings (SSSR count). The van der Waals surface area contributed by atoms with E-state index in [0.717, 1.165) is 12.8 Å². The molecule has 2 N–H and O–H groups in total. The van der Waals surface area contributed by atoms with E-state index < -0.39 is 23.8 Å². The topological polar surface area (TPSA) is 93.1 Å². The summed E-state index contributed by atoms with van der Waals surface area (Å²) in [7, 11) is 0. The third kappa shape index (κ3) is 4.34. The quantitative estimate of drug-likeness (QED) is 0.602. The summed E-state index contributed by atoms with van der Waals surface area (Å²) in [6.07, 6.45) is 1.14. The van der Waals surface area contributed by atoms with Gasteiger partial charge in [-0.1, -0.05) is 30.3 Å². The summed E-state index contributed by atoms with van der Waals surface area (Å²) in [4.78, 5) is 23.2. The summed E-state index contributed by atoms with van der Waals surface area (Å²) in [6, 6.07) is 8.57. The van der Waals surface area contributed by atoms with Crippen LogP contribution in [0.3, 0.4) is 0 Å². The molecule has 6 nitrogen and oxygen atoms in total. The Morgan fingerprint density at radius 2 is 1.82 bits per heavy atom. The number of aliphatic carboxylic acids is 2. The van der Waals surface area contributed by atoms with Crippen LogP contribution in [0, 0.1) is 0 Å². The zero-order chi connectivity index (χ0) is 15.3. The Labute approximate surface area is 140 Å². The molecule has 116 valence electrons. The van der Waals surface area contributed by atoms with Gasteiger partial charge in [0.15, 0.2) is 6.29 Å². The first kappa shape index (κ1) is 18.7. The summed E-state index contributed by atoms with van der Waals surface area (Å²) in [5, 5.41) is 18.8. The van der Waals surface area contributed by atoms with Crippen molar-refractivity contribution in [2.24, 2.45) is 0 Å². The second-order valence-electron chi connectivity index (χ2n) is 5.01. The van der Waals surface area contributed by atoms with Crippen LogP contribution in [-0.4, -0.2) is 59.5 Å². The van der Waals surface area contributed by atoms with Crippen molar-refractivity contribution in [3.63, 3.8) is 0 Å². The van der Waals surface area contributed by atoms with Gasteiger partial charge in [0.2, 0.25) is 0 Å². The van der Waals surface area contributed by atoms with Crippen molar-refractivity contribution in [2.75, 3.05) is 6.61 Å². The first-order valence-corrected chi connectivity index (χ1v) is 6.85. The van der Waals surface area contributed by atoms with E-state index in [2.05, 4.69) is 0 Å². The van der Waals surface area contributed by atoms with Crippen LogP contribution in [0.25, 0.3) is 0 Å². The standard InChI is InChI=1S/C15H18O6.Li.H/c16-13(17)15(14(18)19,10-11-6-2-1-3-7-11)21-12-8-4-5-9-20-12;;/h1-3,6-7,12H,4-5,8-10H2,(H,16,17)(H,18,19);;. The fraction of sp³-hybridized carbons (Fsp3) is 0.467. The van der Waals surface area contributed by atoms with Crippen LogP contribution < -0.4 is 0 Å². The van der Waals surface area contributed by atoms with Crippen molar-refractivity contribution in [3.8, 4) is 0 Å². The molecule has 1 saturated heterocycles. The average molecular weight is 302 g/mol. The molecule has 0 amide bonds. The average Bonchev–Trinajstić information content (AvgIpc) is 2.48. The van der Waals surface area contributed by atoms with Crippen LogP contribution in [0.5, 0.6) is 0 Å². The van der Waals surface area contributed by atoms with Crippen LogP contribution >= 0.6 is 0 Å². The zero-order valence-corrected chi connectivity index (χ0v) is 11.5. The molecule has 0 bridgehead atoms. The second-order valence-corrected chi connectivity index (χ2v) is 5.01. The van der Waals surface area contributed by atoms with Crippen molar-refractivity contribution >= 4 is 30.8 Å². The Morgan fingerprint density at radius 3 is 2.32 bits per heavy atom. The molecule has 1 heterocycles. The SMILES string of the molecule is O=C(O)C(Cc1ccccc1)(OC1CCCCO1)C(=O)O.[LiH]. The number of hydrogen-bond acceptors (Lipinski definition) is 4. The van der Waals surface area contributed by atoms with Gasteiger partial charge in [0, 0.05) is 13.0 Å². The van der Waals surface area contributed by atoms with E-state index in [4.69, 9.17) is 9.47 Å². The van der Waals surface area contributed by atoms with E-state index >= 15 is 0 Å². The number of rotatable bonds is 6. The van der Waals surface area contributed by atoms with Crippen molar-refractivity contribution in [1.29, 1.82) is 0 Å². The van der Waals surface area contributed by atoms with Gasteiger partial charge in [-0.3, -0.25) is 0 Å². The normalized spacial score (nSPS) is 18.3. The van der Waals surface area contributed by atoms with Crippen LogP contribution in [0.2, 0.25) is 0 Å². The predicted molar refractivity (Wildman–Crippen MR) is 80.0 cm³/mol. The summed E-state index contributed by atoms with van der Waals surface area (Å²) in [5.41, 5.74) is -1.75. The van der Waals surface area contributed by atoms with Crippen molar-refractivity contribution in [1.82, 2.24) is 0 Å². The van der Waals surface area contributed by atoms with E-state index in [9.17, 15) is 19.8 Å². The Kier molecular flexibility index (Phi) is 7.10. The molecule has 1 aromatic rings. The second kappa shape index (κ2) is 8.35. The van der Waals surface area contributed by atoms with Crippen molar-refractivity contribution in [3.05, 3.63) is 35.9 Å². The van der Waals surface area contributed by atoms with E-state index in [1.54, 1.807) is 30.3 Å². The molecular weight excluding hydrogens is 283 g/mol. The number of benzene rings is 1. The number of hydrogen-bond donors (Lipinski definition) is 2. The van der Waals surface area contributed by atoms with Crippen molar-refractivity contribution in [2.45, 2.75) is 37.6 Å². The fourth-order valence-corrected chi connectivity index (χ4v) is 2.30. The molecular formula is C15H19LiO6. The van der Waals surface area contributed by atoms with E-state index in [-0.39, 0.29) is 25.3 Å². The Morgan fingerprint density at radius 1 is 1.18 bits per heavy atom. The monoisotopic (exact) mass is 302 g/mol. The summed E-state index contributed by atoms with van der Waals surface area (Å²) < 4.78 is 10.7. The molecule has 1 aliphatic rings. The van der Waals surface area contributed by atoms with Crippen LogP contribution in [-0.2, 0) is 25.5 Å². The van der Waals surface area contributed by atoms with E-state index in [1.165, 1.54) is 0 Å². The van der Waals surface area contributed by atoms with E-state index in [0.29, 0.717) is 18.6 Å². The molecule has 1 atom stereocenters. The molecule has 22 heavy (non-hydrogen) atoms. The Bertz CT molecular complexity index is 484. The Hall–Kier alpha value is -1.32. The Balaban J connectivity index is 0.00000242. The van der Waals surface area contributed by atoms with Gasteiger partial charge in [0.1, 0.15) is 0 Å². The van der Waals surface area contributed by atoms with Gasteiger partial charge in [-0.05, 0) is 24.8 Å². The summed E-state index contributed by atoms with van der Waals surface area (Å²) >= 11 is 0. The van der Waals surface area contributed by atoms with Crippen LogP contribution in [0.1, 0.15) is 24.8 Å². The molecule has 7 heteroatoms. The first-order valence-electron chi connectivity index (χ1n) is 6.85.